The molecule has 0 unspecified atom stereocenters. The first kappa shape index (κ1) is 12.6. The Morgan fingerprint density at radius 2 is 2.12 bits per heavy atom. The fourth-order valence-electron chi connectivity index (χ4n) is 2.45. The largest absolute Gasteiger partial charge is 0.391 e. The van der Waals surface area contributed by atoms with Gasteiger partial charge in [0.05, 0.1) is 6.10 Å². The molecule has 0 bridgehead atoms. The number of hydrogen-bond acceptors (Lipinski definition) is 3. The Hall–Kier alpha value is -0.900. The van der Waals surface area contributed by atoms with E-state index in [1.54, 1.807) is 0 Å². The van der Waals surface area contributed by atoms with Gasteiger partial charge in [0.25, 0.3) is 0 Å². The summed E-state index contributed by atoms with van der Waals surface area (Å²) in [7, 11) is 0. The summed E-state index contributed by atoms with van der Waals surface area (Å²) >= 11 is 0. The topological polar surface area (TPSA) is 58.3 Å². The first-order valence-corrected chi connectivity index (χ1v) is 6.46. The molecule has 0 amide bonds. The van der Waals surface area contributed by atoms with Gasteiger partial charge < -0.3 is 16.2 Å². The van der Waals surface area contributed by atoms with Gasteiger partial charge in [-0.25, -0.2) is 0 Å². The molecule has 0 saturated carbocycles. The van der Waals surface area contributed by atoms with Crippen LogP contribution in [0.1, 0.15) is 24.8 Å². The van der Waals surface area contributed by atoms with Crippen molar-refractivity contribution in [3.63, 3.8) is 0 Å². The lowest BCUT2D eigenvalue weighted by Crippen LogP contribution is -2.40. The van der Waals surface area contributed by atoms with Gasteiger partial charge in [-0.1, -0.05) is 30.3 Å². The molecule has 0 spiro atoms. The number of nitrogens with one attached hydrogen (secondary N) is 1. The molecule has 1 saturated heterocycles. The first-order chi connectivity index (χ1) is 8.25. The summed E-state index contributed by atoms with van der Waals surface area (Å²) in [5, 5.41) is 13.5. The number of rotatable bonds is 5. The second-order valence-corrected chi connectivity index (χ2v) is 4.95. The Morgan fingerprint density at radius 1 is 1.35 bits per heavy atom. The van der Waals surface area contributed by atoms with Crippen molar-refractivity contribution in [2.45, 2.75) is 43.9 Å². The number of hydrogen-bond donors (Lipinski definition) is 3. The molecule has 94 valence electrons. The fourth-order valence-corrected chi connectivity index (χ4v) is 2.45. The molecule has 1 aliphatic rings. The second kappa shape index (κ2) is 6.15. The molecule has 1 aromatic rings. The SMILES string of the molecule is N[C@@H](Cc1ccccc1)[C@@H](O)C[C@H]1CCCN1. The summed E-state index contributed by atoms with van der Waals surface area (Å²) in [4.78, 5) is 0. The molecular formula is C14H22N2O. The van der Waals surface area contributed by atoms with E-state index in [4.69, 9.17) is 5.73 Å². The Morgan fingerprint density at radius 3 is 2.76 bits per heavy atom. The molecule has 1 fully saturated rings. The van der Waals surface area contributed by atoms with E-state index in [2.05, 4.69) is 17.4 Å². The molecular weight excluding hydrogens is 212 g/mol. The molecule has 0 aliphatic carbocycles. The van der Waals surface area contributed by atoms with Crippen molar-refractivity contribution >= 4 is 0 Å². The van der Waals surface area contributed by atoms with E-state index < -0.39 is 6.10 Å². The van der Waals surface area contributed by atoms with Crippen LogP contribution in [0.15, 0.2) is 30.3 Å². The maximum atomic E-state index is 10.1. The van der Waals surface area contributed by atoms with Crippen molar-refractivity contribution in [3.05, 3.63) is 35.9 Å². The molecule has 3 nitrogen and oxygen atoms in total. The van der Waals surface area contributed by atoms with Gasteiger partial charge in [-0.2, -0.15) is 0 Å². The van der Waals surface area contributed by atoms with Gasteiger partial charge >= 0.3 is 0 Å². The van der Waals surface area contributed by atoms with Crippen LogP contribution in [0.2, 0.25) is 0 Å². The van der Waals surface area contributed by atoms with Gasteiger partial charge in [-0.3, -0.25) is 0 Å². The first-order valence-electron chi connectivity index (χ1n) is 6.46. The number of nitrogens with two attached hydrogens (primary N) is 1. The monoisotopic (exact) mass is 234 g/mol. The Balaban J connectivity index is 1.80. The van der Waals surface area contributed by atoms with Crippen molar-refractivity contribution in [1.82, 2.24) is 5.32 Å². The zero-order valence-electron chi connectivity index (χ0n) is 10.2. The lowest BCUT2D eigenvalue weighted by atomic mass is 9.97. The summed E-state index contributed by atoms with van der Waals surface area (Å²) in [6, 6.07) is 10.4. The molecule has 3 atom stereocenters. The highest BCUT2D eigenvalue weighted by molar-refractivity contribution is 5.16. The highest BCUT2D eigenvalue weighted by atomic mass is 16.3. The number of aliphatic hydroxyl groups excluding tert-OH is 1. The molecule has 17 heavy (non-hydrogen) atoms. The molecule has 0 radical (unpaired) electrons. The van der Waals surface area contributed by atoms with Gasteiger partial charge in [-0.15, -0.1) is 0 Å². The van der Waals surface area contributed by atoms with Crippen molar-refractivity contribution in [2.24, 2.45) is 5.73 Å². The molecule has 3 heteroatoms. The summed E-state index contributed by atoms with van der Waals surface area (Å²) in [5.41, 5.74) is 7.24. The van der Waals surface area contributed by atoms with E-state index >= 15 is 0 Å². The smallest absolute Gasteiger partial charge is 0.0709 e. The van der Waals surface area contributed by atoms with Gasteiger partial charge in [0.1, 0.15) is 0 Å². The van der Waals surface area contributed by atoms with Crippen LogP contribution in [0.3, 0.4) is 0 Å². The molecule has 4 N–H and O–H groups in total. The van der Waals surface area contributed by atoms with E-state index in [1.165, 1.54) is 12.0 Å². The third kappa shape index (κ3) is 3.80. The molecule has 1 aliphatic heterocycles. The maximum absolute atomic E-state index is 10.1. The quantitative estimate of drug-likeness (QED) is 0.714. The van der Waals surface area contributed by atoms with Crippen LogP contribution in [-0.2, 0) is 6.42 Å². The third-order valence-electron chi connectivity index (χ3n) is 3.50. The van der Waals surface area contributed by atoms with E-state index in [-0.39, 0.29) is 6.04 Å². The lowest BCUT2D eigenvalue weighted by molar-refractivity contribution is 0.124. The average Bonchev–Trinajstić information content (AvgIpc) is 2.83. The predicted molar refractivity (Wildman–Crippen MR) is 69.8 cm³/mol. The van der Waals surface area contributed by atoms with E-state index in [9.17, 15) is 5.11 Å². The zero-order valence-corrected chi connectivity index (χ0v) is 10.2. The normalized spacial score (nSPS) is 23.5. The van der Waals surface area contributed by atoms with Gasteiger partial charge in [0.15, 0.2) is 0 Å². The molecule has 0 aromatic heterocycles. The maximum Gasteiger partial charge on any atom is 0.0709 e. The van der Waals surface area contributed by atoms with Crippen LogP contribution >= 0.6 is 0 Å². The van der Waals surface area contributed by atoms with Crippen LogP contribution in [0.5, 0.6) is 0 Å². The minimum Gasteiger partial charge on any atom is -0.391 e. The summed E-state index contributed by atoms with van der Waals surface area (Å²) in [6.07, 6.45) is 3.48. The molecule has 2 rings (SSSR count). The van der Waals surface area contributed by atoms with Crippen molar-refractivity contribution < 1.29 is 5.11 Å². The lowest BCUT2D eigenvalue weighted by Gasteiger charge is -2.22. The molecule has 1 aromatic carbocycles. The highest BCUT2D eigenvalue weighted by Gasteiger charge is 2.22. The van der Waals surface area contributed by atoms with Crippen molar-refractivity contribution in [2.75, 3.05) is 6.54 Å². The van der Waals surface area contributed by atoms with Crippen LogP contribution < -0.4 is 11.1 Å². The van der Waals surface area contributed by atoms with Crippen LogP contribution in [0, 0.1) is 0 Å². The highest BCUT2D eigenvalue weighted by Crippen LogP contribution is 2.14. The number of benzene rings is 1. The summed E-state index contributed by atoms with van der Waals surface area (Å²) in [6.45, 7) is 1.07. The minimum absolute atomic E-state index is 0.167. The van der Waals surface area contributed by atoms with Crippen molar-refractivity contribution in [3.8, 4) is 0 Å². The Bertz CT molecular complexity index is 322. The van der Waals surface area contributed by atoms with Crippen LogP contribution in [0.4, 0.5) is 0 Å². The summed E-state index contributed by atoms with van der Waals surface area (Å²) < 4.78 is 0. The minimum atomic E-state index is -0.411. The van der Waals surface area contributed by atoms with E-state index in [0.29, 0.717) is 6.04 Å². The van der Waals surface area contributed by atoms with Gasteiger partial charge in [0.2, 0.25) is 0 Å². The standard InChI is InChI=1S/C14H22N2O/c15-13(9-11-5-2-1-3-6-11)14(17)10-12-7-4-8-16-12/h1-3,5-6,12-14,16-17H,4,7-10,15H2/t12-,13+,14+/m1/s1. The van der Waals surface area contributed by atoms with E-state index in [0.717, 1.165) is 25.8 Å². The van der Waals surface area contributed by atoms with Gasteiger partial charge in [0, 0.05) is 12.1 Å². The fraction of sp³-hybridized carbons (Fsp3) is 0.571. The third-order valence-corrected chi connectivity index (χ3v) is 3.50. The van der Waals surface area contributed by atoms with Crippen LogP contribution in [-0.4, -0.2) is 29.8 Å². The second-order valence-electron chi connectivity index (χ2n) is 4.95. The Labute approximate surface area is 103 Å². The zero-order chi connectivity index (χ0) is 12.1. The van der Waals surface area contributed by atoms with E-state index in [1.807, 2.05) is 18.2 Å². The molecule has 1 heterocycles. The summed E-state index contributed by atoms with van der Waals surface area (Å²) in [5.74, 6) is 0. The van der Waals surface area contributed by atoms with Crippen molar-refractivity contribution in [1.29, 1.82) is 0 Å². The van der Waals surface area contributed by atoms with Gasteiger partial charge in [-0.05, 0) is 37.8 Å². The van der Waals surface area contributed by atoms with Crippen LogP contribution in [0.25, 0.3) is 0 Å². The average molecular weight is 234 g/mol. The Kier molecular flexibility index (Phi) is 4.54. The number of aliphatic hydroxyl groups is 1. The predicted octanol–water partition coefficient (Wildman–Crippen LogP) is 1.06.